The smallest absolute Gasteiger partial charge is 0.240 e. The number of hydrogen-bond donors (Lipinski definition) is 2. The van der Waals surface area contributed by atoms with Gasteiger partial charge in [-0.05, 0) is 49.4 Å². The van der Waals surface area contributed by atoms with Crippen LogP contribution in [0.2, 0.25) is 0 Å². The van der Waals surface area contributed by atoms with Gasteiger partial charge in [0.15, 0.2) is 0 Å². The maximum atomic E-state index is 12.5. The number of amides is 1. The van der Waals surface area contributed by atoms with E-state index in [4.69, 9.17) is 0 Å². The van der Waals surface area contributed by atoms with Crippen LogP contribution in [-0.2, 0) is 21.2 Å². The molecule has 162 valence electrons. The van der Waals surface area contributed by atoms with Gasteiger partial charge in [-0.15, -0.1) is 0 Å². The molecule has 0 spiro atoms. The van der Waals surface area contributed by atoms with Gasteiger partial charge in [-0.2, -0.15) is 0 Å². The van der Waals surface area contributed by atoms with Gasteiger partial charge in [-0.25, -0.2) is 13.1 Å². The molecule has 0 bridgehead atoms. The summed E-state index contributed by atoms with van der Waals surface area (Å²) in [6.45, 7) is 5.82. The fraction of sp³-hybridized carbons (Fsp3) is 0.435. The second kappa shape index (κ2) is 10.2. The Morgan fingerprint density at radius 1 is 1.07 bits per heavy atom. The van der Waals surface area contributed by atoms with Crippen molar-refractivity contribution >= 4 is 15.9 Å². The number of aryl methyl sites for hydroxylation is 1. The molecule has 1 aliphatic rings. The molecule has 0 saturated carbocycles. The first-order valence-electron chi connectivity index (χ1n) is 10.6. The van der Waals surface area contributed by atoms with Crippen LogP contribution in [0.25, 0.3) is 0 Å². The van der Waals surface area contributed by atoms with E-state index in [0.717, 1.165) is 12.0 Å². The third kappa shape index (κ3) is 6.14. The van der Waals surface area contributed by atoms with Crippen LogP contribution in [0, 0.1) is 0 Å². The van der Waals surface area contributed by atoms with Gasteiger partial charge in [0.05, 0.1) is 17.5 Å². The zero-order chi connectivity index (χ0) is 21.6. The molecule has 3 rings (SSSR count). The molecule has 1 aliphatic heterocycles. The Kier molecular flexibility index (Phi) is 7.64. The molecule has 1 amide bonds. The summed E-state index contributed by atoms with van der Waals surface area (Å²) >= 11 is 0. The Morgan fingerprint density at radius 2 is 1.70 bits per heavy atom. The van der Waals surface area contributed by atoms with Crippen molar-refractivity contribution < 1.29 is 13.2 Å². The van der Waals surface area contributed by atoms with Crippen LogP contribution >= 0.6 is 0 Å². The molecule has 7 heteroatoms. The van der Waals surface area contributed by atoms with E-state index >= 15 is 0 Å². The van der Waals surface area contributed by atoms with Crippen LogP contribution in [0.5, 0.6) is 0 Å². The van der Waals surface area contributed by atoms with Crippen LogP contribution in [0.4, 0.5) is 0 Å². The van der Waals surface area contributed by atoms with E-state index in [1.807, 2.05) is 6.92 Å². The Labute approximate surface area is 179 Å². The highest BCUT2D eigenvalue weighted by atomic mass is 32.2. The average molecular weight is 430 g/mol. The van der Waals surface area contributed by atoms with Crippen molar-refractivity contribution in [3.8, 4) is 0 Å². The highest BCUT2D eigenvalue weighted by Crippen LogP contribution is 2.16. The maximum absolute atomic E-state index is 12.5. The fourth-order valence-electron chi connectivity index (χ4n) is 3.71. The number of carbonyl (C=O) groups is 1. The molecule has 0 aromatic heterocycles. The molecule has 6 nitrogen and oxygen atoms in total. The molecule has 2 N–H and O–H groups in total. The summed E-state index contributed by atoms with van der Waals surface area (Å²) < 4.78 is 27.7. The molecule has 1 fully saturated rings. The number of likely N-dealkylation sites (tertiary alicyclic amines) is 1. The first kappa shape index (κ1) is 22.5. The normalized spacial score (nSPS) is 16.9. The summed E-state index contributed by atoms with van der Waals surface area (Å²) in [5.74, 6) is -0.00890. The van der Waals surface area contributed by atoms with Gasteiger partial charge in [0.2, 0.25) is 15.9 Å². The summed E-state index contributed by atoms with van der Waals surface area (Å²) in [6.07, 6.45) is 2.37. The zero-order valence-corrected chi connectivity index (χ0v) is 18.5. The van der Waals surface area contributed by atoms with E-state index < -0.39 is 10.0 Å². The highest BCUT2D eigenvalue weighted by molar-refractivity contribution is 7.89. The number of sulfonamides is 1. The van der Waals surface area contributed by atoms with Crippen LogP contribution in [-0.4, -0.2) is 44.9 Å². The minimum absolute atomic E-state index is 0.00890. The number of benzene rings is 2. The lowest BCUT2D eigenvalue weighted by molar-refractivity contribution is -0.123. The second-order valence-corrected chi connectivity index (χ2v) is 9.58. The van der Waals surface area contributed by atoms with Crippen molar-refractivity contribution in [1.82, 2.24) is 14.9 Å². The number of piperidine rings is 1. The Bertz CT molecular complexity index is 922. The van der Waals surface area contributed by atoms with Gasteiger partial charge >= 0.3 is 0 Å². The van der Waals surface area contributed by atoms with Crippen molar-refractivity contribution in [3.05, 3.63) is 65.7 Å². The van der Waals surface area contributed by atoms with Crippen molar-refractivity contribution in [2.75, 3.05) is 19.6 Å². The SMILES string of the molecule is CCc1ccc(C(C)NC(=O)CN2CCC(NS(=O)(=O)c3ccccc3)CC2)cc1. The molecule has 1 atom stereocenters. The molecule has 0 aliphatic carbocycles. The van der Waals surface area contributed by atoms with E-state index in [-0.39, 0.29) is 22.9 Å². The van der Waals surface area contributed by atoms with Gasteiger partial charge in [0, 0.05) is 19.1 Å². The molecule has 1 saturated heterocycles. The summed E-state index contributed by atoms with van der Waals surface area (Å²) in [7, 11) is -3.50. The lowest BCUT2D eigenvalue weighted by atomic mass is 10.0. The summed E-state index contributed by atoms with van der Waals surface area (Å²) in [4.78, 5) is 14.8. The molecule has 0 radical (unpaired) electrons. The first-order valence-corrected chi connectivity index (χ1v) is 12.0. The Morgan fingerprint density at radius 3 is 2.30 bits per heavy atom. The van der Waals surface area contributed by atoms with Gasteiger partial charge in [0.1, 0.15) is 0 Å². The highest BCUT2D eigenvalue weighted by Gasteiger charge is 2.25. The minimum atomic E-state index is -3.50. The molecular weight excluding hydrogens is 398 g/mol. The van der Waals surface area contributed by atoms with E-state index in [1.165, 1.54) is 5.56 Å². The molecular formula is C23H31N3O3S. The van der Waals surface area contributed by atoms with Crippen molar-refractivity contribution in [1.29, 1.82) is 0 Å². The zero-order valence-electron chi connectivity index (χ0n) is 17.7. The quantitative estimate of drug-likeness (QED) is 0.676. The molecule has 2 aromatic carbocycles. The van der Waals surface area contributed by atoms with Gasteiger partial charge in [-0.3, -0.25) is 9.69 Å². The molecule has 1 heterocycles. The third-order valence-corrected chi connectivity index (χ3v) is 7.13. The van der Waals surface area contributed by atoms with Crippen molar-refractivity contribution in [2.45, 2.75) is 50.1 Å². The van der Waals surface area contributed by atoms with Crippen LogP contribution in [0.15, 0.2) is 59.5 Å². The largest absolute Gasteiger partial charge is 0.348 e. The number of carbonyl (C=O) groups excluding carboxylic acids is 1. The van der Waals surface area contributed by atoms with Gasteiger partial charge < -0.3 is 5.32 Å². The molecule has 2 aromatic rings. The van der Waals surface area contributed by atoms with E-state index in [2.05, 4.69) is 46.1 Å². The van der Waals surface area contributed by atoms with Crippen molar-refractivity contribution in [2.24, 2.45) is 0 Å². The van der Waals surface area contributed by atoms with E-state index in [9.17, 15) is 13.2 Å². The first-order chi connectivity index (χ1) is 14.4. The number of nitrogens with one attached hydrogen (secondary N) is 2. The van der Waals surface area contributed by atoms with Crippen molar-refractivity contribution in [3.63, 3.8) is 0 Å². The molecule has 1 unspecified atom stereocenters. The predicted octanol–water partition coefficient (Wildman–Crippen LogP) is 2.87. The Hall–Kier alpha value is -2.22. The number of rotatable bonds is 8. The van der Waals surface area contributed by atoms with Gasteiger partial charge in [0.25, 0.3) is 0 Å². The third-order valence-electron chi connectivity index (χ3n) is 5.60. The second-order valence-electron chi connectivity index (χ2n) is 7.87. The Balaban J connectivity index is 1.44. The summed E-state index contributed by atoms with van der Waals surface area (Å²) in [5.41, 5.74) is 2.37. The predicted molar refractivity (Wildman–Crippen MR) is 119 cm³/mol. The summed E-state index contributed by atoms with van der Waals surface area (Å²) in [5, 5.41) is 3.06. The lowest BCUT2D eigenvalue weighted by Crippen LogP contribution is -2.47. The van der Waals surface area contributed by atoms with Crippen LogP contribution in [0.1, 0.15) is 43.9 Å². The van der Waals surface area contributed by atoms with E-state index in [0.29, 0.717) is 32.5 Å². The lowest BCUT2D eigenvalue weighted by Gasteiger charge is -2.32. The van der Waals surface area contributed by atoms with Gasteiger partial charge in [-0.1, -0.05) is 49.4 Å². The van der Waals surface area contributed by atoms with E-state index in [1.54, 1.807) is 30.3 Å². The minimum Gasteiger partial charge on any atom is -0.348 e. The molecule has 30 heavy (non-hydrogen) atoms. The standard InChI is InChI=1S/C23H31N3O3S/c1-3-19-9-11-20(12-10-19)18(2)24-23(27)17-26-15-13-21(14-16-26)25-30(28,29)22-7-5-4-6-8-22/h4-12,18,21,25H,3,13-17H2,1-2H3,(H,24,27). The number of nitrogens with zero attached hydrogens (tertiary/aromatic N) is 1. The van der Waals surface area contributed by atoms with Crippen LogP contribution in [0.3, 0.4) is 0 Å². The summed E-state index contributed by atoms with van der Waals surface area (Å²) in [6, 6.07) is 16.6. The average Bonchev–Trinajstić information content (AvgIpc) is 2.75. The van der Waals surface area contributed by atoms with Crippen LogP contribution < -0.4 is 10.0 Å². The number of hydrogen-bond acceptors (Lipinski definition) is 4. The monoisotopic (exact) mass is 429 g/mol. The maximum Gasteiger partial charge on any atom is 0.240 e. The fourth-order valence-corrected chi connectivity index (χ4v) is 5.04. The topological polar surface area (TPSA) is 78.5 Å².